The lowest BCUT2D eigenvalue weighted by molar-refractivity contribution is 0.234. The number of methoxy groups -OCH3 is 1. The highest BCUT2D eigenvalue weighted by Crippen LogP contribution is 2.41. The molecular weight excluding hydrogens is 404 g/mol. The molecule has 1 nitrogen and oxygen atoms in total. The zero-order valence-electron chi connectivity index (χ0n) is 20.5. The van der Waals surface area contributed by atoms with Crippen molar-refractivity contribution in [2.24, 2.45) is 0 Å². The van der Waals surface area contributed by atoms with Crippen LogP contribution in [0.3, 0.4) is 0 Å². The molecule has 0 fully saturated rings. The van der Waals surface area contributed by atoms with Crippen molar-refractivity contribution < 1.29 is 4.74 Å². The fourth-order valence-electron chi connectivity index (χ4n) is 4.77. The van der Waals surface area contributed by atoms with Gasteiger partial charge in [0.1, 0.15) is 8.07 Å². The van der Waals surface area contributed by atoms with Gasteiger partial charge in [0, 0.05) is 17.7 Å². The molecule has 0 saturated heterocycles. The third-order valence-corrected chi connectivity index (χ3v) is 12.8. The van der Waals surface area contributed by atoms with Crippen LogP contribution in [0, 0.1) is 11.5 Å². The van der Waals surface area contributed by atoms with Gasteiger partial charge in [-0.15, -0.1) is 5.54 Å². The minimum atomic E-state index is -1.77. The van der Waals surface area contributed by atoms with Gasteiger partial charge in [-0.2, -0.15) is 0 Å². The highest BCUT2D eigenvalue weighted by molar-refractivity contribution is 6.90. The molecular formula is C27H41ClOSi. The maximum atomic E-state index is 6.14. The first-order valence-corrected chi connectivity index (χ1v) is 14.0. The van der Waals surface area contributed by atoms with E-state index in [9.17, 15) is 0 Å². The molecule has 3 heteroatoms. The summed E-state index contributed by atoms with van der Waals surface area (Å²) < 4.78 is 5.38. The Bertz CT molecular complexity index is 767. The summed E-state index contributed by atoms with van der Waals surface area (Å²) >= 11 is 6.14. The second-order valence-electron chi connectivity index (χ2n) is 8.89. The van der Waals surface area contributed by atoms with Crippen molar-refractivity contribution in [1.82, 2.24) is 0 Å². The van der Waals surface area contributed by atoms with Gasteiger partial charge in [-0.05, 0) is 58.3 Å². The third-order valence-electron chi connectivity index (χ3n) is 6.30. The van der Waals surface area contributed by atoms with Crippen LogP contribution in [0.2, 0.25) is 21.6 Å². The fraction of sp³-hybridized carbons (Fsp3) is 0.556. The van der Waals surface area contributed by atoms with Crippen LogP contribution in [0.5, 0.6) is 0 Å². The molecule has 0 spiro atoms. The number of benzene rings is 1. The van der Waals surface area contributed by atoms with Crippen LogP contribution in [0.25, 0.3) is 5.57 Å². The lowest BCUT2D eigenvalue weighted by atomic mass is 9.91. The van der Waals surface area contributed by atoms with E-state index in [1.54, 1.807) is 7.11 Å². The summed E-state index contributed by atoms with van der Waals surface area (Å²) in [5.41, 5.74) is 10.8. The molecule has 0 radical (unpaired) electrons. The van der Waals surface area contributed by atoms with Gasteiger partial charge in [0.15, 0.2) is 0 Å². The van der Waals surface area contributed by atoms with Crippen LogP contribution in [0.4, 0.5) is 0 Å². The Morgan fingerprint density at radius 1 is 0.967 bits per heavy atom. The molecule has 1 rings (SSSR count). The first-order valence-electron chi connectivity index (χ1n) is 11.4. The quantitative estimate of drug-likeness (QED) is 0.210. The van der Waals surface area contributed by atoms with Gasteiger partial charge in [0.05, 0.1) is 6.61 Å². The Hall–Kier alpha value is -1.27. The number of rotatable bonds is 9. The van der Waals surface area contributed by atoms with E-state index in [1.807, 2.05) is 12.1 Å². The number of hydrogen-bond acceptors (Lipinski definition) is 1. The Morgan fingerprint density at radius 2 is 1.50 bits per heavy atom. The van der Waals surface area contributed by atoms with Gasteiger partial charge in [0.25, 0.3) is 0 Å². The summed E-state index contributed by atoms with van der Waals surface area (Å²) in [6.07, 6.45) is 4.06. The number of halogens is 1. The zero-order chi connectivity index (χ0) is 22.9. The molecule has 0 aliphatic carbocycles. The molecule has 0 amide bonds. The van der Waals surface area contributed by atoms with Crippen molar-refractivity contribution in [3.63, 3.8) is 0 Å². The first kappa shape index (κ1) is 26.8. The van der Waals surface area contributed by atoms with Crippen molar-refractivity contribution in [2.75, 3.05) is 13.7 Å². The summed E-state index contributed by atoms with van der Waals surface area (Å²) in [6, 6.07) is 8.10. The van der Waals surface area contributed by atoms with E-state index < -0.39 is 8.07 Å². The van der Waals surface area contributed by atoms with Gasteiger partial charge in [-0.1, -0.05) is 91.1 Å². The van der Waals surface area contributed by atoms with Crippen molar-refractivity contribution in [1.29, 1.82) is 0 Å². The third kappa shape index (κ3) is 6.36. The summed E-state index contributed by atoms with van der Waals surface area (Å²) in [5, 5.41) is 0.754. The Balaban J connectivity index is 3.68. The lowest BCUT2D eigenvalue weighted by Crippen LogP contribution is -2.43. The van der Waals surface area contributed by atoms with E-state index in [0.29, 0.717) is 23.2 Å². The number of allylic oxidation sites excluding steroid dienone is 3. The molecule has 0 N–H and O–H groups in total. The second kappa shape index (κ2) is 12.5. The molecule has 166 valence electrons. The van der Waals surface area contributed by atoms with Crippen molar-refractivity contribution in [3.05, 3.63) is 52.1 Å². The molecule has 0 atom stereocenters. The molecule has 0 heterocycles. The fourth-order valence-corrected chi connectivity index (χ4v) is 10.1. The standard InChI is InChI=1S/C27H41ClOSi/c1-10-23(17-19-30(20(3)4,21(5)6)22(7)8)26(11-2)27(16-18-29-9)24-12-14-25(28)15-13-24/h12-16,20-22H,10-11,18H2,1-9H3/b26-23-,27-16+. The van der Waals surface area contributed by atoms with Gasteiger partial charge >= 0.3 is 0 Å². The van der Waals surface area contributed by atoms with Crippen LogP contribution >= 0.6 is 11.6 Å². The Morgan fingerprint density at radius 3 is 1.90 bits per heavy atom. The molecule has 30 heavy (non-hydrogen) atoms. The van der Waals surface area contributed by atoms with E-state index in [4.69, 9.17) is 16.3 Å². The number of hydrogen-bond donors (Lipinski definition) is 0. The largest absolute Gasteiger partial charge is 0.381 e. The summed E-state index contributed by atoms with van der Waals surface area (Å²) in [6.45, 7) is 19.2. The predicted molar refractivity (Wildman–Crippen MR) is 138 cm³/mol. The van der Waals surface area contributed by atoms with E-state index in [1.165, 1.54) is 22.3 Å². The van der Waals surface area contributed by atoms with Crippen molar-refractivity contribution in [3.8, 4) is 11.5 Å². The van der Waals surface area contributed by atoms with Crippen LogP contribution in [0.1, 0.15) is 73.8 Å². The Kier molecular flexibility index (Phi) is 11.2. The normalized spacial score (nSPS) is 13.6. The van der Waals surface area contributed by atoms with E-state index in [-0.39, 0.29) is 0 Å². The van der Waals surface area contributed by atoms with Gasteiger partial charge < -0.3 is 4.74 Å². The van der Waals surface area contributed by atoms with Crippen molar-refractivity contribution >= 4 is 25.2 Å². The molecule has 0 unspecified atom stereocenters. The molecule has 0 aromatic heterocycles. The summed E-state index contributed by atoms with van der Waals surface area (Å²) in [4.78, 5) is 0. The molecule has 0 aliphatic rings. The average Bonchev–Trinajstić information content (AvgIpc) is 2.69. The van der Waals surface area contributed by atoms with E-state index in [0.717, 1.165) is 17.9 Å². The van der Waals surface area contributed by atoms with Crippen LogP contribution < -0.4 is 0 Å². The van der Waals surface area contributed by atoms with Gasteiger partial charge in [-0.25, -0.2) is 0 Å². The second-order valence-corrected chi connectivity index (χ2v) is 14.9. The lowest BCUT2D eigenvalue weighted by Gasteiger charge is -2.38. The monoisotopic (exact) mass is 444 g/mol. The van der Waals surface area contributed by atoms with Crippen LogP contribution in [-0.4, -0.2) is 21.8 Å². The molecule has 0 aliphatic heterocycles. The molecule has 0 bridgehead atoms. The van der Waals surface area contributed by atoms with E-state index >= 15 is 0 Å². The predicted octanol–water partition coefficient (Wildman–Crippen LogP) is 8.71. The number of ether oxygens (including phenoxy) is 1. The highest BCUT2D eigenvalue weighted by Gasteiger charge is 2.41. The maximum Gasteiger partial charge on any atom is 0.146 e. The van der Waals surface area contributed by atoms with E-state index in [2.05, 4.69) is 85.1 Å². The Labute approximate surface area is 192 Å². The zero-order valence-corrected chi connectivity index (χ0v) is 22.3. The molecule has 1 aromatic carbocycles. The van der Waals surface area contributed by atoms with Crippen LogP contribution in [0.15, 0.2) is 41.5 Å². The average molecular weight is 445 g/mol. The van der Waals surface area contributed by atoms with Gasteiger partial charge in [0.2, 0.25) is 0 Å². The summed E-state index contributed by atoms with van der Waals surface area (Å²) in [7, 11) is -0.0332. The van der Waals surface area contributed by atoms with Crippen LogP contribution in [-0.2, 0) is 4.74 Å². The first-order chi connectivity index (χ1) is 14.1. The molecule has 0 saturated carbocycles. The topological polar surface area (TPSA) is 9.23 Å². The summed E-state index contributed by atoms with van der Waals surface area (Å²) in [5.74, 6) is 3.73. The minimum absolute atomic E-state index is 0.578. The maximum absolute atomic E-state index is 6.14. The SMILES string of the molecule is CC/C(C#C[Si](C(C)C)(C(C)C)C(C)C)=C(CC)/C(=C/COC)c1ccc(Cl)cc1. The molecule has 1 aromatic rings. The minimum Gasteiger partial charge on any atom is -0.381 e. The highest BCUT2D eigenvalue weighted by atomic mass is 35.5. The van der Waals surface area contributed by atoms with Gasteiger partial charge in [-0.3, -0.25) is 0 Å². The smallest absolute Gasteiger partial charge is 0.146 e. The van der Waals surface area contributed by atoms with Crippen molar-refractivity contribution in [2.45, 2.75) is 84.9 Å².